The van der Waals surface area contributed by atoms with E-state index in [0.717, 1.165) is 48.2 Å². The topological polar surface area (TPSA) is 62.0 Å². The van der Waals surface area contributed by atoms with Crippen LogP contribution in [-0.4, -0.2) is 16.7 Å². The first-order chi connectivity index (χ1) is 13.4. The van der Waals surface area contributed by atoms with Crippen LogP contribution in [0.2, 0.25) is 0 Å². The number of ketones is 1. The predicted molar refractivity (Wildman–Crippen MR) is 108 cm³/mol. The van der Waals surface area contributed by atoms with Gasteiger partial charge in [0.25, 0.3) is 5.91 Å². The van der Waals surface area contributed by atoms with Gasteiger partial charge in [-0.2, -0.15) is 0 Å². The molecule has 146 valence electrons. The van der Waals surface area contributed by atoms with E-state index in [9.17, 15) is 14.0 Å². The van der Waals surface area contributed by atoms with E-state index in [1.54, 1.807) is 12.1 Å². The molecule has 5 heteroatoms. The molecule has 2 heterocycles. The van der Waals surface area contributed by atoms with Gasteiger partial charge < -0.3 is 10.3 Å². The first kappa shape index (κ1) is 18.7. The van der Waals surface area contributed by atoms with Gasteiger partial charge in [-0.15, -0.1) is 0 Å². The highest BCUT2D eigenvalue weighted by molar-refractivity contribution is 6.34. The summed E-state index contributed by atoms with van der Waals surface area (Å²) in [5.74, 6) is -0.124. The molecule has 2 aliphatic rings. The molecule has 4 rings (SSSR count). The van der Waals surface area contributed by atoms with Crippen LogP contribution in [0.4, 0.5) is 10.1 Å². The zero-order valence-corrected chi connectivity index (χ0v) is 16.3. The lowest BCUT2D eigenvalue weighted by Gasteiger charge is -2.20. The summed E-state index contributed by atoms with van der Waals surface area (Å²) in [7, 11) is 0. The Labute approximate surface area is 164 Å². The number of hydrogen-bond acceptors (Lipinski definition) is 2. The second-order valence-corrected chi connectivity index (χ2v) is 7.95. The minimum absolute atomic E-state index is 0.180. The Hall–Kier alpha value is -2.69. The highest BCUT2D eigenvalue weighted by atomic mass is 19.1. The second-order valence-electron chi connectivity index (χ2n) is 7.95. The Kier molecular flexibility index (Phi) is 4.92. The molecule has 4 nitrogen and oxygen atoms in total. The minimum atomic E-state index is -0.376. The summed E-state index contributed by atoms with van der Waals surface area (Å²) < 4.78 is 13.7. The maximum Gasteiger partial charge on any atom is 0.256 e. The first-order valence-electron chi connectivity index (χ1n) is 9.97. The molecule has 2 N–H and O–H groups in total. The standard InChI is InChI=1S/C23H25FN2O2/c1-13-17(12-22(27)15-6-4-3-5-7-15)14(2)25-21(13)11-19-18-10-16(24)8-9-20(18)26-23(19)28/h8-11,15,25H,3-7,12H2,1-2H3,(H,26,28)/b19-11-. The zero-order valence-electron chi connectivity index (χ0n) is 16.3. The third-order valence-corrected chi connectivity index (χ3v) is 6.10. The average Bonchev–Trinajstić information content (AvgIpc) is 3.13. The van der Waals surface area contributed by atoms with Crippen LogP contribution in [0.15, 0.2) is 18.2 Å². The average molecular weight is 380 g/mol. The number of benzene rings is 1. The maximum absolute atomic E-state index is 13.7. The number of amides is 1. The normalized spacial score (nSPS) is 18.4. The fourth-order valence-corrected chi connectivity index (χ4v) is 4.42. The van der Waals surface area contributed by atoms with Crippen molar-refractivity contribution in [1.82, 2.24) is 4.98 Å². The third kappa shape index (κ3) is 3.41. The van der Waals surface area contributed by atoms with E-state index < -0.39 is 0 Å². The van der Waals surface area contributed by atoms with Gasteiger partial charge in [-0.25, -0.2) is 4.39 Å². The molecule has 1 aromatic heterocycles. The monoisotopic (exact) mass is 380 g/mol. The van der Waals surface area contributed by atoms with Crippen molar-refractivity contribution in [1.29, 1.82) is 0 Å². The first-order valence-corrected chi connectivity index (χ1v) is 9.97. The Morgan fingerprint density at radius 1 is 1.21 bits per heavy atom. The van der Waals surface area contributed by atoms with Gasteiger partial charge in [0.05, 0.1) is 5.57 Å². The van der Waals surface area contributed by atoms with Crippen LogP contribution in [0.5, 0.6) is 0 Å². The molecule has 28 heavy (non-hydrogen) atoms. The number of hydrogen-bond donors (Lipinski definition) is 2. The predicted octanol–water partition coefficient (Wildman–Crippen LogP) is 4.96. The number of aromatic amines is 1. The fourth-order valence-electron chi connectivity index (χ4n) is 4.42. The number of aryl methyl sites for hydroxylation is 1. The van der Waals surface area contributed by atoms with Crippen molar-refractivity contribution in [3.05, 3.63) is 52.1 Å². The fraction of sp³-hybridized carbons (Fsp3) is 0.391. The SMILES string of the molecule is Cc1[nH]c(/C=C2\C(=O)Nc3ccc(F)cc32)c(C)c1CC(=O)C1CCCCC1. The van der Waals surface area contributed by atoms with Gasteiger partial charge in [0.2, 0.25) is 0 Å². The summed E-state index contributed by atoms with van der Waals surface area (Å²) in [6.07, 6.45) is 7.71. The van der Waals surface area contributed by atoms with E-state index in [1.807, 2.05) is 13.8 Å². The van der Waals surface area contributed by atoms with Gasteiger partial charge in [0, 0.05) is 35.0 Å². The maximum atomic E-state index is 13.7. The second kappa shape index (κ2) is 7.38. The van der Waals surface area contributed by atoms with Gasteiger partial charge >= 0.3 is 0 Å². The number of rotatable bonds is 4. The van der Waals surface area contributed by atoms with Crippen molar-refractivity contribution >= 4 is 29.0 Å². The zero-order chi connectivity index (χ0) is 19.8. The summed E-state index contributed by atoms with van der Waals surface area (Å²) in [6, 6.07) is 4.28. The number of fused-ring (bicyclic) bond motifs is 1. The number of anilines is 1. The number of aromatic nitrogens is 1. The number of Topliss-reactive ketones (excluding diaryl/α,β-unsaturated/α-hetero) is 1. The number of halogens is 1. The molecular weight excluding hydrogens is 355 g/mol. The van der Waals surface area contributed by atoms with Crippen LogP contribution in [-0.2, 0) is 16.0 Å². The molecule has 0 unspecified atom stereocenters. The Bertz CT molecular complexity index is 981. The summed E-state index contributed by atoms with van der Waals surface area (Å²) in [4.78, 5) is 28.4. The van der Waals surface area contributed by atoms with E-state index in [4.69, 9.17) is 0 Å². The molecule has 0 radical (unpaired) electrons. The molecule has 1 aliphatic carbocycles. The quantitative estimate of drug-likeness (QED) is 0.737. The van der Waals surface area contributed by atoms with E-state index >= 15 is 0 Å². The summed E-state index contributed by atoms with van der Waals surface area (Å²) in [6.45, 7) is 3.93. The van der Waals surface area contributed by atoms with Crippen molar-refractivity contribution in [3.8, 4) is 0 Å². The Balaban J connectivity index is 1.63. The highest BCUT2D eigenvalue weighted by Gasteiger charge is 2.26. The summed E-state index contributed by atoms with van der Waals surface area (Å²) in [5.41, 5.74) is 5.36. The molecule has 0 spiro atoms. The van der Waals surface area contributed by atoms with Gasteiger partial charge in [-0.05, 0) is 62.1 Å². The van der Waals surface area contributed by atoms with E-state index in [1.165, 1.54) is 18.6 Å². The van der Waals surface area contributed by atoms with Gasteiger partial charge in [-0.1, -0.05) is 19.3 Å². The van der Waals surface area contributed by atoms with E-state index in [0.29, 0.717) is 29.0 Å². The summed E-state index contributed by atoms with van der Waals surface area (Å²) >= 11 is 0. The third-order valence-electron chi connectivity index (χ3n) is 6.10. The van der Waals surface area contributed by atoms with Gasteiger partial charge in [0.15, 0.2) is 0 Å². The number of carbonyl (C=O) groups is 2. The summed E-state index contributed by atoms with van der Waals surface area (Å²) in [5, 5.41) is 2.77. The molecule has 0 atom stereocenters. The molecule has 1 aromatic carbocycles. The van der Waals surface area contributed by atoms with Crippen LogP contribution in [0.25, 0.3) is 11.6 Å². The molecule has 1 amide bonds. The molecule has 2 aromatic rings. The number of H-pyrrole nitrogens is 1. The van der Waals surface area contributed by atoms with Crippen molar-refractivity contribution in [2.75, 3.05) is 5.32 Å². The number of carbonyl (C=O) groups excluding carboxylic acids is 2. The van der Waals surface area contributed by atoms with E-state index in [-0.39, 0.29) is 17.6 Å². The van der Waals surface area contributed by atoms with Crippen molar-refractivity contribution in [3.63, 3.8) is 0 Å². The largest absolute Gasteiger partial charge is 0.359 e. The molecule has 1 saturated carbocycles. The highest BCUT2D eigenvalue weighted by Crippen LogP contribution is 2.35. The lowest BCUT2D eigenvalue weighted by molar-refractivity contribution is -0.123. The Morgan fingerprint density at radius 2 is 1.96 bits per heavy atom. The van der Waals surface area contributed by atoms with Crippen LogP contribution < -0.4 is 5.32 Å². The Morgan fingerprint density at radius 3 is 2.71 bits per heavy atom. The van der Waals surface area contributed by atoms with Crippen LogP contribution >= 0.6 is 0 Å². The van der Waals surface area contributed by atoms with Crippen LogP contribution in [0.1, 0.15) is 60.2 Å². The molecule has 0 bridgehead atoms. The van der Waals surface area contributed by atoms with Gasteiger partial charge in [0.1, 0.15) is 11.6 Å². The number of nitrogens with one attached hydrogen (secondary N) is 2. The lowest BCUT2D eigenvalue weighted by Crippen LogP contribution is -2.20. The molecule has 0 saturated heterocycles. The van der Waals surface area contributed by atoms with Crippen LogP contribution in [0, 0.1) is 25.6 Å². The molecular formula is C23H25FN2O2. The lowest BCUT2D eigenvalue weighted by atomic mass is 9.84. The van der Waals surface area contributed by atoms with Crippen molar-refractivity contribution < 1.29 is 14.0 Å². The van der Waals surface area contributed by atoms with Crippen molar-refractivity contribution in [2.24, 2.45) is 5.92 Å². The van der Waals surface area contributed by atoms with E-state index in [2.05, 4.69) is 10.3 Å². The van der Waals surface area contributed by atoms with Crippen LogP contribution in [0.3, 0.4) is 0 Å². The molecule has 1 fully saturated rings. The smallest absolute Gasteiger partial charge is 0.256 e. The minimum Gasteiger partial charge on any atom is -0.359 e. The van der Waals surface area contributed by atoms with Crippen molar-refractivity contribution in [2.45, 2.75) is 52.4 Å². The molecule has 1 aliphatic heterocycles. The van der Waals surface area contributed by atoms with Gasteiger partial charge in [-0.3, -0.25) is 9.59 Å².